The Labute approximate surface area is 105 Å². The van der Waals surface area contributed by atoms with Gasteiger partial charge in [0.05, 0.1) is 6.61 Å². The van der Waals surface area contributed by atoms with Crippen molar-refractivity contribution < 1.29 is 19.4 Å². The molecule has 0 atom stereocenters. The molecule has 0 unspecified atom stereocenters. The zero-order chi connectivity index (χ0) is 13.1. The lowest BCUT2D eigenvalue weighted by Crippen LogP contribution is -2.36. The van der Waals surface area contributed by atoms with Gasteiger partial charge in [0.2, 0.25) is 0 Å². The SMILES string of the molecule is CCOc1ccc2c(c1)C(=O)CCN2CC(=O)O. The number of carboxylic acid groups (broad SMARTS) is 1. The summed E-state index contributed by atoms with van der Waals surface area (Å²) >= 11 is 0. The van der Waals surface area contributed by atoms with Gasteiger partial charge in [0.25, 0.3) is 0 Å². The molecule has 1 aromatic rings. The molecule has 1 aromatic carbocycles. The van der Waals surface area contributed by atoms with E-state index in [2.05, 4.69) is 0 Å². The summed E-state index contributed by atoms with van der Waals surface area (Å²) in [5, 5.41) is 8.84. The molecule has 0 bridgehead atoms. The topological polar surface area (TPSA) is 66.8 Å². The van der Waals surface area contributed by atoms with Crippen molar-refractivity contribution >= 4 is 17.4 Å². The van der Waals surface area contributed by atoms with Crippen molar-refractivity contribution in [1.29, 1.82) is 0 Å². The fourth-order valence-electron chi connectivity index (χ4n) is 2.09. The molecule has 1 N–H and O–H groups in total. The molecule has 0 aliphatic carbocycles. The van der Waals surface area contributed by atoms with Crippen LogP contribution in [0.25, 0.3) is 0 Å². The number of Topliss-reactive ketones (excluding diaryl/α,β-unsaturated/α-hetero) is 1. The Morgan fingerprint density at radius 1 is 1.50 bits per heavy atom. The molecule has 0 saturated heterocycles. The fourth-order valence-corrected chi connectivity index (χ4v) is 2.09. The molecule has 5 nitrogen and oxygen atoms in total. The molecular weight excluding hydrogens is 234 g/mol. The van der Waals surface area contributed by atoms with Gasteiger partial charge < -0.3 is 14.7 Å². The van der Waals surface area contributed by atoms with E-state index in [1.807, 2.05) is 6.92 Å². The second kappa shape index (κ2) is 5.08. The first-order valence-electron chi connectivity index (χ1n) is 5.88. The Bertz CT molecular complexity index is 484. The maximum atomic E-state index is 11.8. The lowest BCUT2D eigenvalue weighted by atomic mass is 10.00. The summed E-state index contributed by atoms with van der Waals surface area (Å²) in [6.07, 6.45) is 0.343. The van der Waals surface area contributed by atoms with Crippen LogP contribution in [0.5, 0.6) is 5.75 Å². The second-order valence-electron chi connectivity index (χ2n) is 4.10. The minimum absolute atomic E-state index is 0.0354. The monoisotopic (exact) mass is 249 g/mol. The number of nitrogens with zero attached hydrogens (tertiary/aromatic N) is 1. The van der Waals surface area contributed by atoms with E-state index in [0.717, 1.165) is 0 Å². The predicted octanol–water partition coefficient (Wildman–Crippen LogP) is 1.56. The van der Waals surface area contributed by atoms with Crippen molar-refractivity contribution in [2.75, 3.05) is 24.6 Å². The number of benzene rings is 1. The number of hydrogen-bond acceptors (Lipinski definition) is 4. The van der Waals surface area contributed by atoms with Crippen LogP contribution in [0.3, 0.4) is 0 Å². The van der Waals surface area contributed by atoms with E-state index in [-0.39, 0.29) is 12.3 Å². The molecule has 0 fully saturated rings. The standard InChI is InChI=1S/C13H15NO4/c1-2-18-9-3-4-11-10(7-9)12(15)5-6-14(11)8-13(16)17/h3-4,7H,2,5-6,8H2,1H3,(H,16,17). The number of carbonyl (C=O) groups excluding carboxylic acids is 1. The highest BCUT2D eigenvalue weighted by atomic mass is 16.5. The summed E-state index contributed by atoms with van der Waals surface area (Å²) in [6.45, 7) is 2.77. The van der Waals surface area contributed by atoms with E-state index < -0.39 is 5.97 Å². The molecule has 1 aliphatic heterocycles. The Kier molecular flexibility index (Phi) is 3.50. The van der Waals surface area contributed by atoms with Gasteiger partial charge in [-0.2, -0.15) is 0 Å². The smallest absolute Gasteiger partial charge is 0.323 e. The van der Waals surface area contributed by atoms with E-state index in [1.165, 1.54) is 0 Å². The van der Waals surface area contributed by atoms with Gasteiger partial charge in [0.1, 0.15) is 12.3 Å². The number of ether oxygens (including phenoxy) is 1. The molecule has 0 saturated carbocycles. The van der Waals surface area contributed by atoms with E-state index in [1.54, 1.807) is 23.1 Å². The summed E-state index contributed by atoms with van der Waals surface area (Å²) in [5.41, 5.74) is 1.23. The van der Waals surface area contributed by atoms with Crippen LogP contribution >= 0.6 is 0 Å². The summed E-state index contributed by atoms with van der Waals surface area (Å²) in [6, 6.07) is 5.20. The highest BCUT2D eigenvalue weighted by Crippen LogP contribution is 2.30. The summed E-state index contributed by atoms with van der Waals surface area (Å²) < 4.78 is 5.35. The van der Waals surface area contributed by atoms with Crippen LogP contribution in [0.4, 0.5) is 5.69 Å². The van der Waals surface area contributed by atoms with Gasteiger partial charge >= 0.3 is 5.97 Å². The second-order valence-corrected chi connectivity index (χ2v) is 4.10. The van der Waals surface area contributed by atoms with Gasteiger partial charge in [-0.3, -0.25) is 9.59 Å². The molecule has 0 radical (unpaired) electrons. The number of hydrogen-bond donors (Lipinski definition) is 1. The first-order valence-corrected chi connectivity index (χ1v) is 5.88. The van der Waals surface area contributed by atoms with E-state index >= 15 is 0 Å². The minimum atomic E-state index is -0.899. The maximum absolute atomic E-state index is 11.8. The average Bonchev–Trinajstić information content (AvgIpc) is 2.33. The molecule has 0 amide bonds. The van der Waals surface area contributed by atoms with Crippen LogP contribution in [0.2, 0.25) is 0 Å². The van der Waals surface area contributed by atoms with Crippen LogP contribution in [-0.4, -0.2) is 36.6 Å². The van der Waals surface area contributed by atoms with Crippen LogP contribution in [0.15, 0.2) is 18.2 Å². The van der Waals surface area contributed by atoms with Crippen LogP contribution in [0, 0.1) is 0 Å². The van der Waals surface area contributed by atoms with Crippen molar-refractivity contribution in [2.24, 2.45) is 0 Å². The first kappa shape index (κ1) is 12.4. The molecule has 5 heteroatoms. The first-order chi connectivity index (χ1) is 8.61. The van der Waals surface area contributed by atoms with Gasteiger partial charge in [-0.05, 0) is 25.1 Å². The zero-order valence-corrected chi connectivity index (χ0v) is 10.2. The van der Waals surface area contributed by atoms with E-state index in [0.29, 0.717) is 36.6 Å². The molecule has 1 aliphatic rings. The van der Waals surface area contributed by atoms with Crippen LogP contribution < -0.4 is 9.64 Å². The number of carbonyl (C=O) groups is 2. The minimum Gasteiger partial charge on any atom is -0.494 e. The Hall–Kier alpha value is -2.04. The van der Waals surface area contributed by atoms with Gasteiger partial charge in [-0.1, -0.05) is 0 Å². The zero-order valence-electron chi connectivity index (χ0n) is 10.2. The number of fused-ring (bicyclic) bond motifs is 1. The largest absolute Gasteiger partial charge is 0.494 e. The maximum Gasteiger partial charge on any atom is 0.323 e. The highest BCUT2D eigenvalue weighted by Gasteiger charge is 2.24. The summed E-state index contributed by atoms with van der Waals surface area (Å²) in [4.78, 5) is 24.3. The molecule has 0 aromatic heterocycles. The summed E-state index contributed by atoms with van der Waals surface area (Å²) in [5.74, 6) is -0.223. The molecule has 0 spiro atoms. The number of carboxylic acids is 1. The third-order valence-corrected chi connectivity index (χ3v) is 2.86. The third-order valence-electron chi connectivity index (χ3n) is 2.86. The lowest BCUT2D eigenvalue weighted by molar-refractivity contribution is -0.135. The Morgan fingerprint density at radius 2 is 2.28 bits per heavy atom. The molecular formula is C13H15NO4. The normalized spacial score (nSPS) is 14.3. The van der Waals surface area contributed by atoms with E-state index in [4.69, 9.17) is 9.84 Å². The van der Waals surface area contributed by atoms with Crippen molar-refractivity contribution in [1.82, 2.24) is 0 Å². The average molecular weight is 249 g/mol. The van der Waals surface area contributed by atoms with Crippen molar-refractivity contribution in [3.63, 3.8) is 0 Å². The highest BCUT2D eigenvalue weighted by molar-refractivity contribution is 6.04. The quantitative estimate of drug-likeness (QED) is 0.877. The number of rotatable bonds is 4. The number of aliphatic carboxylic acids is 1. The van der Waals surface area contributed by atoms with Crippen molar-refractivity contribution in [3.05, 3.63) is 23.8 Å². The third kappa shape index (κ3) is 2.45. The van der Waals surface area contributed by atoms with Gasteiger partial charge in [0, 0.05) is 24.2 Å². The summed E-state index contributed by atoms with van der Waals surface area (Å²) in [7, 11) is 0. The van der Waals surface area contributed by atoms with Crippen LogP contribution in [0.1, 0.15) is 23.7 Å². The molecule has 1 heterocycles. The van der Waals surface area contributed by atoms with Crippen molar-refractivity contribution in [3.8, 4) is 5.75 Å². The lowest BCUT2D eigenvalue weighted by Gasteiger charge is -2.29. The van der Waals surface area contributed by atoms with E-state index in [9.17, 15) is 9.59 Å². The fraction of sp³-hybridized carbons (Fsp3) is 0.385. The van der Waals surface area contributed by atoms with Crippen LogP contribution in [-0.2, 0) is 4.79 Å². The van der Waals surface area contributed by atoms with Gasteiger partial charge in [-0.15, -0.1) is 0 Å². The predicted molar refractivity (Wildman–Crippen MR) is 66.4 cm³/mol. The Balaban J connectivity index is 2.34. The number of ketones is 1. The molecule has 2 rings (SSSR count). The van der Waals surface area contributed by atoms with Gasteiger partial charge in [-0.25, -0.2) is 0 Å². The van der Waals surface area contributed by atoms with Crippen molar-refractivity contribution in [2.45, 2.75) is 13.3 Å². The van der Waals surface area contributed by atoms with Gasteiger partial charge in [0.15, 0.2) is 5.78 Å². The molecule has 18 heavy (non-hydrogen) atoms. The Morgan fingerprint density at radius 3 is 2.94 bits per heavy atom. The number of anilines is 1. The molecule has 96 valence electrons.